The van der Waals surface area contributed by atoms with Gasteiger partial charge in [-0.3, -0.25) is 0 Å². The smallest absolute Gasteiger partial charge is 0.137 e. The van der Waals surface area contributed by atoms with Crippen LogP contribution >= 0.6 is 11.6 Å². The van der Waals surface area contributed by atoms with Crippen LogP contribution in [0.15, 0.2) is 6.07 Å². The first-order valence-electron chi connectivity index (χ1n) is 6.43. The monoisotopic (exact) mass is 269 g/mol. The number of anilines is 1. The predicted octanol–water partition coefficient (Wildman–Crippen LogP) is 4.28. The van der Waals surface area contributed by atoms with Crippen LogP contribution < -0.4 is 5.32 Å². The van der Waals surface area contributed by atoms with Crippen LogP contribution in [0.4, 0.5) is 5.82 Å². The van der Waals surface area contributed by atoms with Gasteiger partial charge in [0.15, 0.2) is 0 Å². The zero-order valence-corrected chi connectivity index (χ0v) is 13.0. The lowest BCUT2D eigenvalue weighted by atomic mass is 9.90. The Morgan fingerprint density at radius 1 is 1.17 bits per heavy atom. The Bertz CT molecular complexity index is 408. The summed E-state index contributed by atoms with van der Waals surface area (Å²) in [5.41, 5.74) is 0.154. The van der Waals surface area contributed by atoms with Gasteiger partial charge in [-0.2, -0.15) is 0 Å². The predicted molar refractivity (Wildman–Crippen MR) is 78.3 cm³/mol. The van der Waals surface area contributed by atoms with Gasteiger partial charge in [-0.15, -0.1) is 0 Å². The van der Waals surface area contributed by atoms with Crippen molar-refractivity contribution in [1.29, 1.82) is 0 Å². The van der Waals surface area contributed by atoms with E-state index >= 15 is 0 Å². The molecule has 1 rings (SSSR count). The van der Waals surface area contributed by atoms with E-state index in [9.17, 15) is 0 Å². The average molecular weight is 270 g/mol. The van der Waals surface area contributed by atoms with Gasteiger partial charge in [0.05, 0.1) is 0 Å². The summed E-state index contributed by atoms with van der Waals surface area (Å²) in [5, 5.41) is 3.85. The number of nitrogens with one attached hydrogen (secondary N) is 1. The van der Waals surface area contributed by atoms with Crippen LogP contribution in [0.25, 0.3) is 0 Å². The van der Waals surface area contributed by atoms with Crippen molar-refractivity contribution < 1.29 is 0 Å². The molecule has 1 heterocycles. The van der Waals surface area contributed by atoms with E-state index in [2.05, 4.69) is 56.8 Å². The van der Waals surface area contributed by atoms with Gasteiger partial charge in [0.1, 0.15) is 16.8 Å². The Labute approximate surface area is 115 Å². The molecule has 0 atom stereocenters. The zero-order valence-electron chi connectivity index (χ0n) is 12.3. The molecule has 0 radical (unpaired) electrons. The van der Waals surface area contributed by atoms with E-state index in [1.807, 2.05) is 0 Å². The molecule has 0 bridgehead atoms. The number of aromatic nitrogens is 2. The molecule has 1 aromatic heterocycles. The SMILES string of the molecule is CCC(C)(C)CNc1cc(Cl)nc(C(C)(C)C)n1. The van der Waals surface area contributed by atoms with Crippen LogP contribution in [-0.4, -0.2) is 16.5 Å². The molecule has 1 N–H and O–H groups in total. The molecule has 0 aliphatic heterocycles. The van der Waals surface area contributed by atoms with Crippen LogP contribution in [0, 0.1) is 5.41 Å². The molecular weight excluding hydrogens is 246 g/mol. The lowest BCUT2D eigenvalue weighted by Crippen LogP contribution is -2.23. The summed E-state index contributed by atoms with van der Waals surface area (Å²) in [6.45, 7) is 13.8. The molecule has 0 saturated carbocycles. The van der Waals surface area contributed by atoms with E-state index in [0.29, 0.717) is 5.15 Å². The number of halogens is 1. The first-order valence-corrected chi connectivity index (χ1v) is 6.81. The highest BCUT2D eigenvalue weighted by atomic mass is 35.5. The van der Waals surface area contributed by atoms with E-state index in [1.54, 1.807) is 6.07 Å². The summed E-state index contributed by atoms with van der Waals surface area (Å²) < 4.78 is 0. The minimum absolute atomic E-state index is 0.0956. The largest absolute Gasteiger partial charge is 0.369 e. The number of rotatable bonds is 4. The van der Waals surface area contributed by atoms with Gasteiger partial charge >= 0.3 is 0 Å². The Morgan fingerprint density at radius 2 is 1.78 bits per heavy atom. The van der Waals surface area contributed by atoms with Crippen molar-refractivity contribution in [3.8, 4) is 0 Å². The van der Waals surface area contributed by atoms with Crippen molar-refractivity contribution in [1.82, 2.24) is 9.97 Å². The Hall–Kier alpha value is -0.830. The fraction of sp³-hybridized carbons (Fsp3) is 0.714. The molecule has 3 nitrogen and oxygen atoms in total. The maximum absolute atomic E-state index is 6.05. The van der Waals surface area contributed by atoms with Crippen LogP contribution in [0.5, 0.6) is 0 Å². The van der Waals surface area contributed by atoms with Gasteiger partial charge in [0.2, 0.25) is 0 Å². The maximum Gasteiger partial charge on any atom is 0.137 e. The van der Waals surface area contributed by atoms with Gasteiger partial charge in [0, 0.05) is 18.0 Å². The molecule has 1 aromatic rings. The topological polar surface area (TPSA) is 37.8 Å². The Kier molecular flexibility index (Phi) is 4.60. The van der Waals surface area contributed by atoms with Gasteiger partial charge in [-0.05, 0) is 11.8 Å². The second-order valence-corrected chi connectivity index (χ2v) is 6.91. The lowest BCUT2D eigenvalue weighted by Gasteiger charge is -2.24. The molecular formula is C14H24ClN3. The second-order valence-electron chi connectivity index (χ2n) is 6.52. The number of hydrogen-bond acceptors (Lipinski definition) is 3. The Morgan fingerprint density at radius 3 is 2.28 bits per heavy atom. The van der Waals surface area contributed by atoms with Crippen molar-refractivity contribution in [2.24, 2.45) is 5.41 Å². The third-order valence-corrected chi connectivity index (χ3v) is 3.26. The molecule has 0 aliphatic rings. The molecule has 4 heteroatoms. The molecule has 18 heavy (non-hydrogen) atoms. The molecule has 102 valence electrons. The van der Waals surface area contributed by atoms with E-state index in [-0.39, 0.29) is 10.8 Å². The van der Waals surface area contributed by atoms with Gasteiger partial charge in [-0.1, -0.05) is 53.1 Å². The van der Waals surface area contributed by atoms with Crippen molar-refractivity contribution >= 4 is 17.4 Å². The first-order chi connectivity index (χ1) is 8.14. The van der Waals surface area contributed by atoms with E-state index in [4.69, 9.17) is 11.6 Å². The molecule has 0 spiro atoms. The summed E-state index contributed by atoms with van der Waals surface area (Å²) >= 11 is 6.05. The van der Waals surface area contributed by atoms with E-state index < -0.39 is 0 Å². The normalized spacial score (nSPS) is 12.6. The summed E-state index contributed by atoms with van der Waals surface area (Å²) in [6, 6.07) is 1.78. The van der Waals surface area contributed by atoms with E-state index in [0.717, 1.165) is 24.6 Å². The van der Waals surface area contributed by atoms with Crippen molar-refractivity contribution in [2.45, 2.75) is 53.4 Å². The van der Waals surface area contributed by atoms with Crippen molar-refractivity contribution in [3.63, 3.8) is 0 Å². The lowest BCUT2D eigenvalue weighted by molar-refractivity contribution is 0.376. The third-order valence-electron chi connectivity index (χ3n) is 3.07. The fourth-order valence-electron chi connectivity index (χ4n) is 1.30. The highest BCUT2D eigenvalue weighted by molar-refractivity contribution is 6.29. The van der Waals surface area contributed by atoms with Gasteiger partial charge < -0.3 is 5.32 Å². The molecule has 0 fully saturated rings. The average Bonchev–Trinajstić information content (AvgIpc) is 2.25. The number of nitrogens with zero attached hydrogens (tertiary/aromatic N) is 2. The zero-order chi connectivity index (χ0) is 14.0. The number of hydrogen-bond donors (Lipinski definition) is 1. The molecule has 0 aromatic carbocycles. The van der Waals surface area contributed by atoms with E-state index in [1.165, 1.54) is 0 Å². The standard InChI is InChI=1S/C14H24ClN3/c1-7-14(5,6)9-16-11-8-10(15)17-12(18-11)13(2,3)4/h8H,7,9H2,1-6H3,(H,16,17,18). The van der Waals surface area contributed by atoms with Crippen LogP contribution in [0.1, 0.15) is 53.8 Å². The highest BCUT2D eigenvalue weighted by Gasteiger charge is 2.20. The highest BCUT2D eigenvalue weighted by Crippen LogP contribution is 2.24. The van der Waals surface area contributed by atoms with Crippen LogP contribution in [0.2, 0.25) is 5.15 Å². The summed E-state index contributed by atoms with van der Waals surface area (Å²) in [6.07, 6.45) is 1.12. The fourth-order valence-corrected chi connectivity index (χ4v) is 1.48. The van der Waals surface area contributed by atoms with Gasteiger partial charge in [-0.25, -0.2) is 9.97 Å². The molecule has 0 aliphatic carbocycles. The quantitative estimate of drug-likeness (QED) is 0.830. The second kappa shape index (κ2) is 5.43. The van der Waals surface area contributed by atoms with Gasteiger partial charge in [0.25, 0.3) is 0 Å². The van der Waals surface area contributed by atoms with Crippen LogP contribution in [-0.2, 0) is 5.41 Å². The van der Waals surface area contributed by atoms with Crippen LogP contribution in [0.3, 0.4) is 0 Å². The summed E-state index contributed by atoms with van der Waals surface area (Å²) in [4.78, 5) is 8.82. The minimum Gasteiger partial charge on any atom is -0.369 e. The third kappa shape index (κ3) is 4.45. The van der Waals surface area contributed by atoms with Crippen molar-refractivity contribution in [2.75, 3.05) is 11.9 Å². The Balaban J connectivity index is 2.88. The summed E-state index contributed by atoms with van der Waals surface area (Å²) in [7, 11) is 0. The van der Waals surface area contributed by atoms with Crippen molar-refractivity contribution in [3.05, 3.63) is 17.0 Å². The molecule has 0 amide bonds. The summed E-state index contributed by atoms with van der Waals surface area (Å²) in [5.74, 6) is 1.58. The molecule has 0 unspecified atom stereocenters. The first kappa shape index (κ1) is 15.2. The maximum atomic E-state index is 6.05. The molecule has 0 saturated heterocycles. The minimum atomic E-state index is -0.0956.